The summed E-state index contributed by atoms with van der Waals surface area (Å²) < 4.78 is 31.4. The van der Waals surface area contributed by atoms with Crippen LogP contribution in [0.2, 0.25) is 0 Å². The van der Waals surface area contributed by atoms with Crippen molar-refractivity contribution in [1.29, 1.82) is 0 Å². The molecule has 1 heterocycles. The Hall–Kier alpha value is -2.46. The molecule has 9 nitrogen and oxygen atoms in total. The summed E-state index contributed by atoms with van der Waals surface area (Å²) in [4.78, 5) is 35.3. The third-order valence-corrected chi connectivity index (χ3v) is 6.02. The molecule has 1 saturated heterocycles. The summed E-state index contributed by atoms with van der Waals surface area (Å²) in [5, 5.41) is 4.94. The molecule has 0 unspecified atom stereocenters. The normalized spacial score (nSPS) is 14.5. The van der Waals surface area contributed by atoms with Gasteiger partial charge in [0.25, 0.3) is 5.91 Å². The van der Waals surface area contributed by atoms with E-state index in [9.17, 15) is 22.8 Å². The van der Waals surface area contributed by atoms with Gasteiger partial charge < -0.3 is 15.4 Å². The highest BCUT2D eigenvalue weighted by atomic mass is 32.2. The molecule has 0 spiro atoms. The van der Waals surface area contributed by atoms with Crippen molar-refractivity contribution in [1.82, 2.24) is 14.9 Å². The van der Waals surface area contributed by atoms with E-state index in [2.05, 4.69) is 10.6 Å². The van der Waals surface area contributed by atoms with Crippen molar-refractivity contribution in [3.8, 4) is 0 Å². The van der Waals surface area contributed by atoms with E-state index < -0.39 is 28.5 Å². The lowest BCUT2D eigenvalue weighted by atomic mass is 10.2. The minimum Gasteiger partial charge on any atom is -0.452 e. The van der Waals surface area contributed by atoms with E-state index in [1.807, 2.05) is 6.92 Å². The lowest BCUT2D eigenvalue weighted by Gasteiger charge is -2.15. The number of nitrogens with one attached hydrogen (secondary N) is 2. The van der Waals surface area contributed by atoms with Gasteiger partial charge in [0.1, 0.15) is 0 Å². The number of carbonyl (C=O) groups excluding carboxylic acids is 3. The molecule has 2 amide bonds. The molecule has 0 bridgehead atoms. The second-order valence-corrected chi connectivity index (χ2v) is 8.28. The van der Waals surface area contributed by atoms with Gasteiger partial charge in [-0.05, 0) is 37.5 Å². The summed E-state index contributed by atoms with van der Waals surface area (Å²) in [6.07, 6.45) is 2.41. The van der Waals surface area contributed by atoms with Crippen LogP contribution in [-0.4, -0.2) is 63.3 Å². The predicted octanol–water partition coefficient (Wildman–Crippen LogP) is 0.270. The topological polar surface area (TPSA) is 122 Å². The Bertz CT molecular complexity index is 818. The standard InChI is InChI=1S/C18H25N3O6S/c1-2-8-19-16(22)12-20-17(23)13-27-18(24)14-6-5-7-15(11-14)28(25,26)21-9-3-4-10-21/h5-7,11H,2-4,8-10,12-13H2,1H3,(H,19,22)(H,20,23). The van der Waals surface area contributed by atoms with Gasteiger partial charge in [0, 0.05) is 19.6 Å². The molecule has 0 aromatic heterocycles. The molecule has 1 aliphatic rings. The van der Waals surface area contributed by atoms with Gasteiger partial charge in [0.15, 0.2) is 6.61 Å². The molecule has 2 rings (SSSR count). The van der Waals surface area contributed by atoms with Crippen LogP contribution in [0.25, 0.3) is 0 Å². The molecule has 10 heteroatoms. The van der Waals surface area contributed by atoms with Crippen LogP contribution in [0.3, 0.4) is 0 Å². The van der Waals surface area contributed by atoms with Crippen LogP contribution in [0, 0.1) is 0 Å². The number of hydrogen-bond donors (Lipinski definition) is 2. The zero-order valence-corrected chi connectivity index (χ0v) is 16.6. The second-order valence-electron chi connectivity index (χ2n) is 6.34. The van der Waals surface area contributed by atoms with E-state index in [1.54, 1.807) is 0 Å². The number of hydrogen-bond acceptors (Lipinski definition) is 6. The first-order valence-electron chi connectivity index (χ1n) is 9.15. The smallest absolute Gasteiger partial charge is 0.338 e. The highest BCUT2D eigenvalue weighted by molar-refractivity contribution is 7.89. The molecular weight excluding hydrogens is 386 g/mol. The molecular formula is C18H25N3O6S. The Morgan fingerprint density at radius 3 is 2.50 bits per heavy atom. The van der Waals surface area contributed by atoms with Gasteiger partial charge in [-0.15, -0.1) is 0 Å². The minimum atomic E-state index is -3.65. The van der Waals surface area contributed by atoms with E-state index in [1.165, 1.54) is 28.6 Å². The molecule has 1 aromatic rings. The lowest BCUT2D eigenvalue weighted by molar-refractivity contribution is -0.127. The van der Waals surface area contributed by atoms with Crippen molar-refractivity contribution in [3.63, 3.8) is 0 Å². The molecule has 28 heavy (non-hydrogen) atoms. The molecule has 1 aliphatic heterocycles. The van der Waals surface area contributed by atoms with Crippen LogP contribution < -0.4 is 10.6 Å². The monoisotopic (exact) mass is 411 g/mol. The van der Waals surface area contributed by atoms with Crippen molar-refractivity contribution in [2.75, 3.05) is 32.8 Å². The molecule has 1 aromatic carbocycles. The fourth-order valence-corrected chi connectivity index (χ4v) is 4.20. The fourth-order valence-electron chi connectivity index (χ4n) is 2.63. The van der Waals surface area contributed by atoms with Gasteiger partial charge in [0.05, 0.1) is 17.0 Å². The number of rotatable bonds is 9. The molecule has 1 fully saturated rings. The van der Waals surface area contributed by atoms with E-state index in [4.69, 9.17) is 4.74 Å². The largest absolute Gasteiger partial charge is 0.452 e. The molecule has 0 aliphatic carbocycles. The first kappa shape index (κ1) is 21.8. The number of sulfonamides is 1. The van der Waals surface area contributed by atoms with Crippen LogP contribution in [0.4, 0.5) is 0 Å². The third kappa shape index (κ3) is 6.03. The van der Waals surface area contributed by atoms with E-state index >= 15 is 0 Å². The van der Waals surface area contributed by atoms with Gasteiger partial charge in [-0.2, -0.15) is 4.31 Å². The van der Waals surface area contributed by atoms with Crippen LogP contribution >= 0.6 is 0 Å². The van der Waals surface area contributed by atoms with Crippen molar-refractivity contribution < 1.29 is 27.5 Å². The average Bonchev–Trinajstić information content (AvgIpc) is 3.24. The van der Waals surface area contributed by atoms with Crippen molar-refractivity contribution in [3.05, 3.63) is 29.8 Å². The lowest BCUT2D eigenvalue weighted by Crippen LogP contribution is -2.38. The maximum atomic E-state index is 12.6. The molecule has 154 valence electrons. The van der Waals surface area contributed by atoms with Gasteiger partial charge in [-0.1, -0.05) is 13.0 Å². The van der Waals surface area contributed by atoms with E-state index in [0.29, 0.717) is 19.6 Å². The number of carbonyl (C=O) groups is 3. The fraction of sp³-hybridized carbons (Fsp3) is 0.500. The average molecular weight is 411 g/mol. The zero-order valence-electron chi connectivity index (χ0n) is 15.8. The summed E-state index contributed by atoms with van der Waals surface area (Å²) in [7, 11) is -3.65. The number of nitrogens with zero attached hydrogens (tertiary/aromatic N) is 1. The first-order chi connectivity index (χ1) is 13.3. The van der Waals surface area contributed by atoms with Crippen molar-refractivity contribution >= 4 is 27.8 Å². The summed E-state index contributed by atoms with van der Waals surface area (Å²) in [6, 6.07) is 5.54. The highest BCUT2D eigenvalue weighted by Gasteiger charge is 2.27. The Morgan fingerprint density at radius 1 is 1.11 bits per heavy atom. The van der Waals surface area contributed by atoms with Crippen LogP contribution in [0.5, 0.6) is 0 Å². The zero-order chi connectivity index (χ0) is 20.6. The van der Waals surface area contributed by atoms with Gasteiger partial charge in [-0.25, -0.2) is 13.2 Å². The number of benzene rings is 1. The summed E-state index contributed by atoms with van der Waals surface area (Å²) in [5.41, 5.74) is 0.0359. The minimum absolute atomic E-state index is 0.0147. The molecule has 0 atom stereocenters. The summed E-state index contributed by atoms with van der Waals surface area (Å²) in [6.45, 7) is 2.57. The van der Waals surface area contributed by atoms with E-state index in [0.717, 1.165) is 19.3 Å². The van der Waals surface area contributed by atoms with Crippen LogP contribution in [0.15, 0.2) is 29.2 Å². The Morgan fingerprint density at radius 2 is 1.82 bits per heavy atom. The maximum absolute atomic E-state index is 12.6. The summed E-state index contributed by atoms with van der Waals surface area (Å²) >= 11 is 0. The quantitative estimate of drug-likeness (QED) is 0.563. The predicted molar refractivity (Wildman–Crippen MR) is 101 cm³/mol. The van der Waals surface area contributed by atoms with Gasteiger partial charge >= 0.3 is 5.97 Å². The molecule has 2 N–H and O–H groups in total. The SMILES string of the molecule is CCCNC(=O)CNC(=O)COC(=O)c1cccc(S(=O)(=O)N2CCCC2)c1. The second kappa shape index (κ2) is 10.2. The maximum Gasteiger partial charge on any atom is 0.338 e. The molecule has 0 radical (unpaired) electrons. The number of amides is 2. The molecule has 0 saturated carbocycles. The van der Waals surface area contributed by atoms with Gasteiger partial charge in [-0.3, -0.25) is 9.59 Å². The van der Waals surface area contributed by atoms with Gasteiger partial charge in [0.2, 0.25) is 15.9 Å². The number of esters is 1. The van der Waals surface area contributed by atoms with E-state index in [-0.39, 0.29) is 22.9 Å². The van der Waals surface area contributed by atoms with Crippen LogP contribution in [0.1, 0.15) is 36.5 Å². The Labute approximate surface area is 164 Å². The summed E-state index contributed by atoms with van der Waals surface area (Å²) in [5.74, 6) is -1.77. The number of ether oxygens (including phenoxy) is 1. The third-order valence-electron chi connectivity index (χ3n) is 4.13. The highest BCUT2D eigenvalue weighted by Crippen LogP contribution is 2.21. The first-order valence-corrected chi connectivity index (χ1v) is 10.6. The Kier molecular flexibility index (Phi) is 7.94. The van der Waals surface area contributed by atoms with Crippen molar-refractivity contribution in [2.45, 2.75) is 31.1 Å². The van der Waals surface area contributed by atoms with Crippen LogP contribution in [-0.2, 0) is 24.3 Å². The Balaban J connectivity index is 1.89. The van der Waals surface area contributed by atoms with Crippen molar-refractivity contribution in [2.24, 2.45) is 0 Å².